The number of nitrogens with one attached hydrogen (secondary N) is 1. The largest absolute Gasteiger partial charge is 0.376 e. The third kappa shape index (κ3) is 5.85. The number of likely N-dealkylation sites (tertiary alicyclic amines) is 1. The lowest BCUT2D eigenvalue weighted by Gasteiger charge is -2.30. The van der Waals surface area contributed by atoms with E-state index < -0.39 is 0 Å². The first-order valence-corrected chi connectivity index (χ1v) is 7.02. The number of carbonyl (C=O) groups is 2. The molecule has 1 heterocycles. The molecule has 0 radical (unpaired) electrons. The summed E-state index contributed by atoms with van der Waals surface area (Å²) in [5, 5.41) is 0. The number of rotatable bonds is 7. The Labute approximate surface area is 119 Å². The Morgan fingerprint density at radius 3 is 2.50 bits per heavy atom. The van der Waals surface area contributed by atoms with E-state index in [0.29, 0.717) is 39.1 Å². The maximum Gasteiger partial charge on any atom is 0.248 e. The summed E-state index contributed by atoms with van der Waals surface area (Å²) in [6.07, 6.45) is 1.46. The molecule has 0 atom stereocenters. The van der Waals surface area contributed by atoms with Crippen LogP contribution in [-0.2, 0) is 19.1 Å². The van der Waals surface area contributed by atoms with Crippen molar-refractivity contribution in [3.63, 3.8) is 0 Å². The molecule has 1 aliphatic heterocycles. The van der Waals surface area contributed by atoms with Crippen molar-refractivity contribution in [1.29, 1.82) is 0 Å². The molecular weight excluding hydrogens is 262 g/mol. The number of hydrogen-bond donors (Lipinski definition) is 2. The second kappa shape index (κ2) is 8.89. The summed E-state index contributed by atoms with van der Waals surface area (Å²) >= 11 is 0. The third-order valence-corrected chi connectivity index (χ3v) is 3.27. The minimum Gasteiger partial charge on any atom is -0.376 e. The van der Waals surface area contributed by atoms with Crippen LogP contribution in [-0.4, -0.2) is 55.7 Å². The Morgan fingerprint density at radius 2 is 1.95 bits per heavy atom. The predicted molar refractivity (Wildman–Crippen MR) is 73.5 cm³/mol. The van der Waals surface area contributed by atoms with E-state index in [9.17, 15) is 9.59 Å². The SMILES string of the molecule is CC(C)OCCOCC(=O)N1CCC(C(=O)NN)CC1. The van der Waals surface area contributed by atoms with Gasteiger partial charge in [-0.15, -0.1) is 0 Å². The van der Waals surface area contributed by atoms with Crippen LogP contribution in [0.1, 0.15) is 26.7 Å². The van der Waals surface area contributed by atoms with Gasteiger partial charge in [0.15, 0.2) is 0 Å². The van der Waals surface area contributed by atoms with Crippen LogP contribution in [0.25, 0.3) is 0 Å². The highest BCUT2D eigenvalue weighted by molar-refractivity contribution is 5.80. The molecule has 0 saturated carbocycles. The first-order valence-electron chi connectivity index (χ1n) is 7.02. The number of nitrogens with two attached hydrogens (primary N) is 1. The Balaban J connectivity index is 2.14. The molecule has 0 bridgehead atoms. The molecule has 0 spiro atoms. The number of hydrazine groups is 1. The van der Waals surface area contributed by atoms with Crippen LogP contribution in [0.5, 0.6) is 0 Å². The quantitative estimate of drug-likeness (QED) is 0.289. The van der Waals surface area contributed by atoms with Gasteiger partial charge in [0, 0.05) is 19.0 Å². The number of ether oxygens (including phenoxy) is 2. The summed E-state index contributed by atoms with van der Waals surface area (Å²) < 4.78 is 10.6. The van der Waals surface area contributed by atoms with Crippen LogP contribution in [0, 0.1) is 5.92 Å². The molecule has 1 saturated heterocycles. The minimum atomic E-state index is -0.154. The molecule has 0 aliphatic carbocycles. The highest BCUT2D eigenvalue weighted by atomic mass is 16.5. The zero-order valence-electron chi connectivity index (χ0n) is 12.3. The minimum absolute atomic E-state index is 0.0406. The molecule has 0 aromatic heterocycles. The van der Waals surface area contributed by atoms with E-state index >= 15 is 0 Å². The van der Waals surface area contributed by atoms with Crippen LogP contribution in [0.3, 0.4) is 0 Å². The Bertz CT molecular complexity index is 315. The Hall–Kier alpha value is -1.18. The lowest BCUT2D eigenvalue weighted by atomic mass is 9.96. The van der Waals surface area contributed by atoms with Crippen molar-refractivity contribution in [2.45, 2.75) is 32.8 Å². The summed E-state index contributed by atoms with van der Waals surface area (Å²) in [6.45, 7) is 6.01. The second-order valence-electron chi connectivity index (χ2n) is 5.14. The van der Waals surface area contributed by atoms with E-state index in [1.54, 1.807) is 4.90 Å². The molecule has 0 aromatic rings. The highest BCUT2D eigenvalue weighted by Gasteiger charge is 2.26. The van der Waals surface area contributed by atoms with Gasteiger partial charge >= 0.3 is 0 Å². The van der Waals surface area contributed by atoms with Crippen molar-refractivity contribution in [3.05, 3.63) is 0 Å². The van der Waals surface area contributed by atoms with Gasteiger partial charge in [0.25, 0.3) is 0 Å². The van der Waals surface area contributed by atoms with Crippen molar-refractivity contribution in [1.82, 2.24) is 10.3 Å². The Morgan fingerprint density at radius 1 is 1.30 bits per heavy atom. The molecule has 0 unspecified atom stereocenters. The number of amides is 2. The normalized spacial score (nSPS) is 16.5. The van der Waals surface area contributed by atoms with Gasteiger partial charge in [-0.2, -0.15) is 0 Å². The average molecular weight is 287 g/mol. The first kappa shape index (κ1) is 16.9. The van der Waals surface area contributed by atoms with Crippen molar-refractivity contribution in [3.8, 4) is 0 Å². The molecule has 7 nitrogen and oxygen atoms in total. The average Bonchev–Trinajstić information content (AvgIpc) is 2.45. The maximum absolute atomic E-state index is 11.9. The highest BCUT2D eigenvalue weighted by Crippen LogP contribution is 2.17. The number of hydrogen-bond acceptors (Lipinski definition) is 5. The topological polar surface area (TPSA) is 93.9 Å². The zero-order chi connectivity index (χ0) is 15.0. The van der Waals surface area contributed by atoms with E-state index in [-0.39, 0.29) is 30.4 Å². The summed E-state index contributed by atoms with van der Waals surface area (Å²) in [4.78, 5) is 25.0. The summed E-state index contributed by atoms with van der Waals surface area (Å²) in [6, 6.07) is 0. The maximum atomic E-state index is 11.9. The first-order chi connectivity index (χ1) is 9.54. The van der Waals surface area contributed by atoms with Crippen LogP contribution in [0.15, 0.2) is 0 Å². The molecule has 1 aliphatic rings. The molecule has 20 heavy (non-hydrogen) atoms. The fourth-order valence-electron chi connectivity index (χ4n) is 2.10. The van der Waals surface area contributed by atoms with Gasteiger partial charge < -0.3 is 14.4 Å². The third-order valence-electron chi connectivity index (χ3n) is 3.27. The van der Waals surface area contributed by atoms with E-state index in [1.165, 1.54) is 0 Å². The fourth-order valence-corrected chi connectivity index (χ4v) is 2.10. The van der Waals surface area contributed by atoms with E-state index in [1.807, 2.05) is 13.8 Å². The van der Waals surface area contributed by atoms with Crippen molar-refractivity contribution >= 4 is 11.8 Å². The summed E-state index contributed by atoms with van der Waals surface area (Å²) in [7, 11) is 0. The van der Waals surface area contributed by atoms with Gasteiger partial charge in [-0.25, -0.2) is 5.84 Å². The smallest absolute Gasteiger partial charge is 0.248 e. The monoisotopic (exact) mass is 287 g/mol. The van der Waals surface area contributed by atoms with Gasteiger partial charge in [-0.05, 0) is 26.7 Å². The molecule has 116 valence electrons. The number of nitrogens with zero attached hydrogens (tertiary/aromatic N) is 1. The van der Waals surface area contributed by atoms with Gasteiger partial charge in [0.05, 0.1) is 19.3 Å². The Kier molecular flexibility index (Phi) is 7.50. The van der Waals surface area contributed by atoms with E-state index in [4.69, 9.17) is 15.3 Å². The van der Waals surface area contributed by atoms with Crippen LogP contribution in [0.4, 0.5) is 0 Å². The van der Waals surface area contributed by atoms with Crippen LogP contribution >= 0.6 is 0 Å². The summed E-state index contributed by atoms with van der Waals surface area (Å²) in [5.74, 6) is 4.81. The van der Waals surface area contributed by atoms with Gasteiger partial charge in [-0.1, -0.05) is 0 Å². The number of piperidine rings is 1. The standard InChI is InChI=1S/C13H25N3O4/c1-10(2)20-8-7-19-9-12(17)16-5-3-11(4-6-16)13(18)15-14/h10-11H,3-9,14H2,1-2H3,(H,15,18). The van der Waals surface area contributed by atoms with Gasteiger partial charge in [0.1, 0.15) is 6.61 Å². The lowest BCUT2D eigenvalue weighted by Crippen LogP contribution is -2.45. The van der Waals surface area contributed by atoms with Gasteiger partial charge in [-0.3, -0.25) is 15.0 Å². The van der Waals surface area contributed by atoms with Crippen molar-refractivity contribution in [2.75, 3.05) is 32.9 Å². The van der Waals surface area contributed by atoms with Gasteiger partial charge in [0.2, 0.25) is 11.8 Å². The van der Waals surface area contributed by atoms with E-state index in [0.717, 1.165) is 0 Å². The number of carbonyl (C=O) groups excluding carboxylic acids is 2. The predicted octanol–water partition coefficient (Wildman–Crippen LogP) is -0.343. The van der Waals surface area contributed by atoms with Crippen molar-refractivity contribution < 1.29 is 19.1 Å². The molecule has 2 amide bonds. The van der Waals surface area contributed by atoms with Crippen LogP contribution < -0.4 is 11.3 Å². The van der Waals surface area contributed by atoms with E-state index in [2.05, 4.69) is 5.43 Å². The zero-order valence-corrected chi connectivity index (χ0v) is 12.3. The summed E-state index contributed by atoms with van der Waals surface area (Å²) in [5.41, 5.74) is 2.16. The van der Waals surface area contributed by atoms with Crippen LogP contribution in [0.2, 0.25) is 0 Å². The molecule has 3 N–H and O–H groups in total. The molecule has 1 fully saturated rings. The molecule has 7 heteroatoms. The van der Waals surface area contributed by atoms with Crippen molar-refractivity contribution in [2.24, 2.45) is 11.8 Å². The molecule has 0 aromatic carbocycles. The lowest BCUT2D eigenvalue weighted by molar-refractivity contribution is -0.140. The fraction of sp³-hybridized carbons (Fsp3) is 0.846. The molecular formula is C13H25N3O4. The second-order valence-corrected chi connectivity index (χ2v) is 5.14. The molecule has 1 rings (SSSR count).